The second kappa shape index (κ2) is 6.92. The summed E-state index contributed by atoms with van der Waals surface area (Å²) in [5.41, 5.74) is 3.03. The predicted molar refractivity (Wildman–Crippen MR) is 100 cm³/mol. The van der Waals surface area contributed by atoms with Gasteiger partial charge in [0.05, 0.1) is 17.1 Å². The molecule has 0 unspecified atom stereocenters. The number of rotatable bonds is 3. The number of para-hydroxylation sites is 1. The van der Waals surface area contributed by atoms with Crippen LogP contribution in [0.25, 0.3) is 10.9 Å². The Morgan fingerprint density at radius 2 is 1.64 bits per heavy atom. The van der Waals surface area contributed by atoms with Crippen LogP contribution in [-0.4, -0.2) is 36.1 Å². The molecule has 25 heavy (non-hydrogen) atoms. The Balaban J connectivity index is 1.39. The van der Waals surface area contributed by atoms with Crippen LogP contribution in [0.4, 0.5) is 5.82 Å². The van der Waals surface area contributed by atoms with Crippen LogP contribution in [0.15, 0.2) is 60.7 Å². The van der Waals surface area contributed by atoms with Gasteiger partial charge in [0.25, 0.3) is 0 Å². The molecule has 2 heterocycles. The van der Waals surface area contributed by atoms with Gasteiger partial charge in [-0.15, -0.1) is 0 Å². The van der Waals surface area contributed by atoms with E-state index in [0.717, 1.165) is 49.6 Å². The molecule has 1 aromatic heterocycles. The van der Waals surface area contributed by atoms with Crippen LogP contribution >= 0.6 is 0 Å². The minimum Gasteiger partial charge on any atom is -0.354 e. The lowest BCUT2D eigenvalue weighted by Crippen LogP contribution is -2.46. The molecule has 4 nitrogen and oxygen atoms in total. The summed E-state index contributed by atoms with van der Waals surface area (Å²) >= 11 is 0. The Hall–Kier alpha value is -2.90. The largest absolute Gasteiger partial charge is 0.354 e. The number of anilines is 1. The average molecular weight is 328 g/mol. The van der Waals surface area contributed by atoms with Crippen molar-refractivity contribution in [2.75, 3.05) is 31.1 Å². The molecule has 4 heteroatoms. The minimum absolute atomic E-state index is 0.718. The normalized spacial score (nSPS) is 15.2. The summed E-state index contributed by atoms with van der Waals surface area (Å²) in [5, 5.41) is 10.1. The van der Waals surface area contributed by atoms with Crippen LogP contribution in [0, 0.1) is 11.3 Å². The number of fused-ring (bicyclic) bond motifs is 1. The topological polar surface area (TPSA) is 43.2 Å². The molecule has 0 N–H and O–H groups in total. The molecule has 0 bridgehead atoms. The molecule has 1 aliphatic rings. The van der Waals surface area contributed by atoms with E-state index in [0.29, 0.717) is 0 Å². The zero-order chi connectivity index (χ0) is 17.1. The lowest BCUT2D eigenvalue weighted by atomic mass is 10.1. The van der Waals surface area contributed by atoms with Crippen LogP contribution in [-0.2, 0) is 6.54 Å². The molecule has 3 aromatic rings. The molecule has 0 saturated carbocycles. The van der Waals surface area contributed by atoms with Crippen molar-refractivity contribution in [2.24, 2.45) is 0 Å². The molecule has 1 fully saturated rings. The SMILES string of the molecule is N#Cc1ccc(CN2CCN(c3ccc4ccccc4n3)CC2)cc1. The van der Waals surface area contributed by atoms with Crippen molar-refractivity contribution in [1.82, 2.24) is 9.88 Å². The highest BCUT2D eigenvalue weighted by molar-refractivity contribution is 5.80. The maximum atomic E-state index is 8.88. The van der Waals surface area contributed by atoms with Crippen LogP contribution in [0.2, 0.25) is 0 Å². The third-order valence-electron chi connectivity index (χ3n) is 4.77. The molecular formula is C21H20N4. The summed E-state index contributed by atoms with van der Waals surface area (Å²) in [6.07, 6.45) is 0. The summed E-state index contributed by atoms with van der Waals surface area (Å²) in [6, 6.07) is 22.6. The second-order valence-electron chi connectivity index (χ2n) is 6.43. The first-order chi connectivity index (χ1) is 12.3. The first-order valence-electron chi connectivity index (χ1n) is 8.64. The lowest BCUT2D eigenvalue weighted by molar-refractivity contribution is 0.249. The van der Waals surface area contributed by atoms with Gasteiger partial charge < -0.3 is 4.90 Å². The van der Waals surface area contributed by atoms with Gasteiger partial charge in [0.1, 0.15) is 5.82 Å². The Kier molecular flexibility index (Phi) is 4.32. The van der Waals surface area contributed by atoms with E-state index in [9.17, 15) is 0 Å². The summed E-state index contributed by atoms with van der Waals surface area (Å²) in [4.78, 5) is 9.62. The van der Waals surface area contributed by atoms with E-state index in [4.69, 9.17) is 10.2 Å². The van der Waals surface area contributed by atoms with Crippen molar-refractivity contribution < 1.29 is 0 Å². The number of pyridine rings is 1. The highest BCUT2D eigenvalue weighted by Crippen LogP contribution is 2.19. The fourth-order valence-electron chi connectivity index (χ4n) is 3.31. The Morgan fingerprint density at radius 1 is 0.880 bits per heavy atom. The minimum atomic E-state index is 0.718. The van der Waals surface area contributed by atoms with Gasteiger partial charge in [-0.1, -0.05) is 30.3 Å². The van der Waals surface area contributed by atoms with Crippen LogP contribution in [0.5, 0.6) is 0 Å². The van der Waals surface area contributed by atoms with E-state index < -0.39 is 0 Å². The first kappa shape index (κ1) is 15.6. The van der Waals surface area contributed by atoms with E-state index in [1.54, 1.807) is 0 Å². The monoisotopic (exact) mass is 328 g/mol. The molecule has 0 atom stereocenters. The first-order valence-corrected chi connectivity index (χ1v) is 8.64. The molecule has 2 aromatic carbocycles. The molecule has 1 aliphatic heterocycles. The fraction of sp³-hybridized carbons (Fsp3) is 0.238. The quantitative estimate of drug-likeness (QED) is 0.739. The average Bonchev–Trinajstić information content (AvgIpc) is 2.69. The van der Waals surface area contributed by atoms with Gasteiger partial charge in [0.15, 0.2) is 0 Å². The number of aromatic nitrogens is 1. The van der Waals surface area contributed by atoms with Crippen molar-refractivity contribution >= 4 is 16.7 Å². The smallest absolute Gasteiger partial charge is 0.129 e. The van der Waals surface area contributed by atoms with E-state index in [1.165, 1.54) is 10.9 Å². The highest BCUT2D eigenvalue weighted by atomic mass is 15.3. The number of hydrogen-bond acceptors (Lipinski definition) is 4. The lowest BCUT2D eigenvalue weighted by Gasteiger charge is -2.35. The summed E-state index contributed by atoms with van der Waals surface area (Å²) in [6.45, 7) is 4.96. The van der Waals surface area contributed by atoms with Crippen LogP contribution in [0.3, 0.4) is 0 Å². The zero-order valence-electron chi connectivity index (χ0n) is 14.1. The maximum Gasteiger partial charge on any atom is 0.129 e. The van der Waals surface area contributed by atoms with Crippen molar-refractivity contribution in [3.8, 4) is 6.07 Å². The van der Waals surface area contributed by atoms with E-state index >= 15 is 0 Å². The number of piperazine rings is 1. The standard InChI is InChI=1S/C21H20N4/c22-15-17-5-7-18(8-6-17)16-24-11-13-25(14-12-24)21-10-9-19-3-1-2-4-20(19)23-21/h1-10H,11-14,16H2. The van der Waals surface area contributed by atoms with Gasteiger partial charge >= 0.3 is 0 Å². The number of nitriles is 1. The summed E-state index contributed by atoms with van der Waals surface area (Å²) in [7, 11) is 0. The summed E-state index contributed by atoms with van der Waals surface area (Å²) in [5.74, 6) is 1.07. The molecule has 0 amide bonds. The van der Waals surface area contributed by atoms with E-state index in [2.05, 4.69) is 52.3 Å². The third-order valence-corrected chi connectivity index (χ3v) is 4.77. The Labute approximate surface area is 147 Å². The number of hydrogen-bond donors (Lipinski definition) is 0. The maximum absolute atomic E-state index is 8.88. The van der Waals surface area contributed by atoms with Crippen molar-refractivity contribution in [3.05, 3.63) is 71.8 Å². The van der Waals surface area contributed by atoms with Gasteiger partial charge in [-0.05, 0) is 35.9 Å². The van der Waals surface area contributed by atoms with Gasteiger partial charge in [-0.2, -0.15) is 5.26 Å². The van der Waals surface area contributed by atoms with Gasteiger partial charge in [0.2, 0.25) is 0 Å². The Morgan fingerprint density at radius 3 is 2.40 bits per heavy atom. The molecule has 0 radical (unpaired) electrons. The molecule has 4 rings (SSSR count). The Bertz CT molecular complexity index is 903. The molecular weight excluding hydrogens is 308 g/mol. The van der Waals surface area contributed by atoms with E-state index in [-0.39, 0.29) is 0 Å². The highest BCUT2D eigenvalue weighted by Gasteiger charge is 2.18. The van der Waals surface area contributed by atoms with Gasteiger partial charge in [-0.3, -0.25) is 4.90 Å². The zero-order valence-corrected chi connectivity index (χ0v) is 14.1. The molecule has 1 saturated heterocycles. The fourth-order valence-corrected chi connectivity index (χ4v) is 3.31. The van der Waals surface area contributed by atoms with Crippen molar-refractivity contribution in [2.45, 2.75) is 6.54 Å². The third kappa shape index (κ3) is 3.47. The molecule has 124 valence electrons. The van der Waals surface area contributed by atoms with Crippen LogP contribution < -0.4 is 4.90 Å². The van der Waals surface area contributed by atoms with Gasteiger partial charge in [0, 0.05) is 38.1 Å². The van der Waals surface area contributed by atoms with E-state index in [1.807, 2.05) is 24.3 Å². The number of nitrogens with zero attached hydrogens (tertiary/aromatic N) is 4. The molecule has 0 spiro atoms. The van der Waals surface area contributed by atoms with Gasteiger partial charge in [-0.25, -0.2) is 4.98 Å². The molecule has 0 aliphatic carbocycles. The second-order valence-corrected chi connectivity index (χ2v) is 6.43. The van der Waals surface area contributed by atoms with Crippen molar-refractivity contribution in [1.29, 1.82) is 5.26 Å². The predicted octanol–water partition coefficient (Wildman–Crippen LogP) is 3.43. The summed E-state index contributed by atoms with van der Waals surface area (Å²) < 4.78 is 0. The van der Waals surface area contributed by atoms with Crippen LogP contribution in [0.1, 0.15) is 11.1 Å². The number of benzene rings is 2. The van der Waals surface area contributed by atoms with Crippen molar-refractivity contribution in [3.63, 3.8) is 0 Å².